The molecule has 7 nitrogen and oxygen atoms in total. The molecule has 32 heavy (non-hydrogen) atoms. The van der Waals surface area contributed by atoms with Crippen LogP contribution in [0.2, 0.25) is 0 Å². The number of carbonyl (C=O) groups excluding carboxylic acids is 1. The molecule has 164 valence electrons. The van der Waals surface area contributed by atoms with Crippen LogP contribution in [0, 0.1) is 5.82 Å². The number of aliphatic carboxylic acids is 1. The molecule has 0 spiro atoms. The monoisotopic (exact) mass is 436 g/mol. The molecule has 2 heterocycles. The molecule has 1 aliphatic rings. The van der Waals surface area contributed by atoms with E-state index >= 15 is 0 Å². The summed E-state index contributed by atoms with van der Waals surface area (Å²) in [5.74, 6) is -4.17. The lowest BCUT2D eigenvalue weighted by atomic mass is 10.1. The average Bonchev–Trinajstić information content (AvgIpc) is 3.31. The van der Waals surface area contributed by atoms with Crippen molar-refractivity contribution in [1.82, 2.24) is 4.57 Å². The maximum atomic E-state index is 13.3. The third-order valence-corrected chi connectivity index (χ3v) is 5.56. The molecule has 1 saturated heterocycles. The van der Waals surface area contributed by atoms with Crippen LogP contribution in [0.25, 0.3) is 16.7 Å². The van der Waals surface area contributed by atoms with Crippen molar-refractivity contribution in [3.05, 3.63) is 81.9 Å². The number of hydrogen-bond acceptors (Lipinski definition) is 5. The van der Waals surface area contributed by atoms with Crippen LogP contribution in [0.5, 0.6) is 0 Å². The van der Waals surface area contributed by atoms with Crippen molar-refractivity contribution in [2.45, 2.75) is 19.4 Å². The lowest BCUT2D eigenvalue weighted by molar-refractivity contribution is -0.146. The van der Waals surface area contributed by atoms with Gasteiger partial charge in [0, 0.05) is 43.0 Å². The third-order valence-electron chi connectivity index (χ3n) is 5.56. The Morgan fingerprint density at radius 1 is 1.03 bits per heavy atom. The highest BCUT2D eigenvalue weighted by Crippen LogP contribution is 2.26. The van der Waals surface area contributed by atoms with Crippen molar-refractivity contribution >= 4 is 34.1 Å². The SMILES string of the molecule is O=C(O)C(=O)/C=C(\O)c1cn(Cc2ccc(F)cc2)c2cc(N3CCCC3)ccc2c1=O. The molecule has 0 saturated carbocycles. The van der Waals surface area contributed by atoms with Gasteiger partial charge >= 0.3 is 5.97 Å². The van der Waals surface area contributed by atoms with E-state index in [4.69, 9.17) is 5.11 Å². The zero-order valence-electron chi connectivity index (χ0n) is 17.1. The van der Waals surface area contributed by atoms with Gasteiger partial charge in [0.05, 0.1) is 11.1 Å². The number of aliphatic hydroxyl groups is 1. The first-order valence-corrected chi connectivity index (χ1v) is 10.2. The average molecular weight is 436 g/mol. The summed E-state index contributed by atoms with van der Waals surface area (Å²) in [6.45, 7) is 2.12. The van der Waals surface area contributed by atoms with Gasteiger partial charge in [0.2, 0.25) is 0 Å². The van der Waals surface area contributed by atoms with Crippen LogP contribution in [0.4, 0.5) is 10.1 Å². The van der Waals surface area contributed by atoms with Gasteiger partial charge < -0.3 is 19.7 Å². The highest BCUT2D eigenvalue weighted by atomic mass is 19.1. The zero-order chi connectivity index (χ0) is 22.8. The Bertz CT molecular complexity index is 1290. The Labute approximate surface area is 182 Å². The molecule has 1 fully saturated rings. The van der Waals surface area contributed by atoms with Crippen molar-refractivity contribution in [2.75, 3.05) is 18.0 Å². The fraction of sp³-hybridized carbons (Fsp3) is 0.208. The minimum Gasteiger partial charge on any atom is -0.507 e. The van der Waals surface area contributed by atoms with E-state index < -0.39 is 22.9 Å². The summed E-state index contributed by atoms with van der Waals surface area (Å²) in [6, 6.07) is 11.3. The van der Waals surface area contributed by atoms with E-state index in [0.29, 0.717) is 17.0 Å². The quantitative estimate of drug-likeness (QED) is 0.349. The molecule has 4 rings (SSSR count). The number of aliphatic hydroxyl groups excluding tert-OH is 1. The number of ketones is 1. The largest absolute Gasteiger partial charge is 0.507 e. The van der Waals surface area contributed by atoms with E-state index in [0.717, 1.165) is 37.2 Å². The second-order valence-corrected chi connectivity index (χ2v) is 7.72. The maximum absolute atomic E-state index is 13.3. The summed E-state index contributed by atoms with van der Waals surface area (Å²) < 4.78 is 15.1. The molecule has 0 radical (unpaired) electrons. The number of anilines is 1. The van der Waals surface area contributed by atoms with Crippen molar-refractivity contribution < 1.29 is 24.2 Å². The molecule has 0 aliphatic carbocycles. The fourth-order valence-corrected chi connectivity index (χ4v) is 3.91. The first kappa shape index (κ1) is 21.3. The minimum atomic E-state index is -1.74. The third kappa shape index (κ3) is 4.25. The standard InChI is InChI=1S/C24H21FN2O5/c25-16-5-3-15(4-6-16)13-27-14-19(21(28)12-22(29)24(31)32)23(30)18-8-7-17(11-20(18)27)26-9-1-2-10-26/h3-8,11-12,14,28H,1-2,9-10,13H2,(H,31,32)/b21-12-. The maximum Gasteiger partial charge on any atom is 0.376 e. The van der Waals surface area contributed by atoms with Crippen LogP contribution in [-0.2, 0) is 16.1 Å². The number of carboxylic acid groups (broad SMARTS) is 1. The number of carbonyl (C=O) groups is 2. The molecule has 2 aromatic carbocycles. The fourth-order valence-electron chi connectivity index (χ4n) is 3.91. The molecule has 0 bridgehead atoms. The number of fused-ring (bicyclic) bond motifs is 1. The molecule has 8 heteroatoms. The van der Waals surface area contributed by atoms with E-state index in [-0.39, 0.29) is 17.9 Å². The minimum absolute atomic E-state index is 0.192. The van der Waals surface area contributed by atoms with Gasteiger partial charge in [-0.3, -0.25) is 9.59 Å². The summed E-state index contributed by atoms with van der Waals surface area (Å²) in [4.78, 5) is 37.6. The summed E-state index contributed by atoms with van der Waals surface area (Å²) in [7, 11) is 0. The molecule has 0 unspecified atom stereocenters. The highest BCUT2D eigenvalue weighted by molar-refractivity contribution is 6.38. The van der Waals surface area contributed by atoms with Gasteiger partial charge in [-0.05, 0) is 48.7 Å². The van der Waals surface area contributed by atoms with Crippen LogP contribution < -0.4 is 10.3 Å². The summed E-state index contributed by atoms with van der Waals surface area (Å²) in [5, 5.41) is 19.5. The van der Waals surface area contributed by atoms with E-state index in [1.165, 1.54) is 18.3 Å². The van der Waals surface area contributed by atoms with Crippen LogP contribution in [0.1, 0.15) is 24.0 Å². The summed E-state index contributed by atoms with van der Waals surface area (Å²) in [5.41, 5.74) is 1.64. The number of benzene rings is 2. The van der Waals surface area contributed by atoms with Gasteiger partial charge in [-0.1, -0.05) is 12.1 Å². The predicted octanol–water partition coefficient (Wildman–Crippen LogP) is 3.34. The first-order chi connectivity index (χ1) is 15.3. The molecular formula is C24H21FN2O5. The Balaban J connectivity index is 1.88. The van der Waals surface area contributed by atoms with Gasteiger partial charge in [0.15, 0.2) is 5.43 Å². The predicted molar refractivity (Wildman–Crippen MR) is 118 cm³/mol. The van der Waals surface area contributed by atoms with Crippen LogP contribution in [0.3, 0.4) is 0 Å². The summed E-state index contributed by atoms with van der Waals surface area (Å²) >= 11 is 0. The second kappa shape index (κ2) is 8.66. The number of nitrogens with zero attached hydrogens (tertiary/aromatic N) is 2. The van der Waals surface area contributed by atoms with E-state index in [2.05, 4.69) is 4.90 Å². The number of hydrogen-bond donors (Lipinski definition) is 2. The topological polar surface area (TPSA) is 99.8 Å². The van der Waals surface area contributed by atoms with E-state index in [1.807, 2.05) is 12.1 Å². The molecule has 2 N–H and O–H groups in total. The van der Waals surface area contributed by atoms with Gasteiger partial charge in [-0.2, -0.15) is 0 Å². The molecular weight excluding hydrogens is 415 g/mol. The number of carboxylic acids is 1. The van der Waals surface area contributed by atoms with Crippen molar-refractivity contribution in [1.29, 1.82) is 0 Å². The number of rotatable bonds is 6. The lowest BCUT2D eigenvalue weighted by Gasteiger charge is -2.20. The molecule has 1 aromatic heterocycles. The van der Waals surface area contributed by atoms with Crippen molar-refractivity contribution in [3.63, 3.8) is 0 Å². The Kier molecular flexibility index (Phi) is 5.77. The number of pyridine rings is 1. The zero-order valence-corrected chi connectivity index (χ0v) is 17.1. The second-order valence-electron chi connectivity index (χ2n) is 7.72. The summed E-state index contributed by atoms with van der Waals surface area (Å²) in [6.07, 6.45) is 4.10. The molecule has 0 atom stereocenters. The van der Waals surface area contributed by atoms with Crippen molar-refractivity contribution in [3.8, 4) is 0 Å². The first-order valence-electron chi connectivity index (χ1n) is 10.2. The molecule has 3 aromatic rings. The Hall–Kier alpha value is -3.94. The van der Waals surface area contributed by atoms with Gasteiger partial charge in [0.1, 0.15) is 11.6 Å². The smallest absolute Gasteiger partial charge is 0.376 e. The Morgan fingerprint density at radius 3 is 2.38 bits per heavy atom. The van der Waals surface area contributed by atoms with Gasteiger partial charge in [-0.25, -0.2) is 9.18 Å². The van der Waals surface area contributed by atoms with Crippen LogP contribution in [-0.4, -0.2) is 39.6 Å². The Morgan fingerprint density at radius 2 is 1.72 bits per heavy atom. The van der Waals surface area contributed by atoms with E-state index in [1.54, 1.807) is 22.8 Å². The highest BCUT2D eigenvalue weighted by Gasteiger charge is 2.18. The van der Waals surface area contributed by atoms with Crippen molar-refractivity contribution in [2.24, 2.45) is 0 Å². The van der Waals surface area contributed by atoms with E-state index in [9.17, 15) is 23.9 Å². The van der Waals surface area contributed by atoms with Gasteiger partial charge in [-0.15, -0.1) is 0 Å². The van der Waals surface area contributed by atoms with Crippen LogP contribution in [0.15, 0.2) is 59.5 Å². The lowest BCUT2D eigenvalue weighted by Crippen LogP contribution is -2.19. The molecule has 0 amide bonds. The molecule has 1 aliphatic heterocycles. The van der Waals surface area contributed by atoms with Gasteiger partial charge in [0.25, 0.3) is 5.78 Å². The number of halogens is 1. The number of aromatic nitrogens is 1. The normalized spacial score (nSPS) is 14.2. The van der Waals surface area contributed by atoms with Crippen LogP contribution >= 0.6 is 0 Å².